The SMILES string of the molecule is C1CNNC1.CSc1nc(C)cc(=O)n1CC(=O)O. The van der Waals surface area contributed by atoms with Crippen molar-refractivity contribution < 1.29 is 9.90 Å². The topological polar surface area (TPSA) is 96.3 Å². The molecule has 0 aromatic carbocycles. The Kier molecular flexibility index (Phi) is 6.54. The first-order valence-corrected chi connectivity index (χ1v) is 7.07. The number of nitrogens with zero attached hydrogens (tertiary/aromatic N) is 2. The van der Waals surface area contributed by atoms with E-state index in [4.69, 9.17) is 5.11 Å². The van der Waals surface area contributed by atoms with Crippen LogP contribution in [0, 0.1) is 6.92 Å². The van der Waals surface area contributed by atoms with Gasteiger partial charge in [0.15, 0.2) is 5.16 Å². The fourth-order valence-electron chi connectivity index (χ4n) is 1.47. The molecule has 19 heavy (non-hydrogen) atoms. The van der Waals surface area contributed by atoms with Crippen molar-refractivity contribution in [1.82, 2.24) is 20.4 Å². The number of nitrogens with one attached hydrogen (secondary N) is 2. The molecular formula is C11H18N4O3S. The highest BCUT2D eigenvalue weighted by molar-refractivity contribution is 7.98. The van der Waals surface area contributed by atoms with E-state index >= 15 is 0 Å². The minimum atomic E-state index is -1.05. The van der Waals surface area contributed by atoms with Crippen LogP contribution in [0.2, 0.25) is 0 Å². The summed E-state index contributed by atoms with van der Waals surface area (Å²) in [7, 11) is 0. The zero-order valence-corrected chi connectivity index (χ0v) is 11.8. The van der Waals surface area contributed by atoms with E-state index in [0.29, 0.717) is 10.9 Å². The van der Waals surface area contributed by atoms with Gasteiger partial charge in [-0.1, -0.05) is 11.8 Å². The number of carboxylic acids is 1. The van der Waals surface area contributed by atoms with E-state index in [1.165, 1.54) is 24.2 Å². The number of thioether (sulfide) groups is 1. The molecule has 0 radical (unpaired) electrons. The van der Waals surface area contributed by atoms with Crippen molar-refractivity contribution in [1.29, 1.82) is 0 Å². The van der Waals surface area contributed by atoms with E-state index in [1.807, 2.05) is 0 Å². The van der Waals surface area contributed by atoms with Gasteiger partial charge in [0, 0.05) is 24.8 Å². The molecule has 1 aromatic heterocycles. The monoisotopic (exact) mass is 286 g/mol. The molecule has 0 saturated carbocycles. The van der Waals surface area contributed by atoms with E-state index in [0.717, 1.165) is 17.7 Å². The van der Waals surface area contributed by atoms with E-state index < -0.39 is 5.97 Å². The summed E-state index contributed by atoms with van der Waals surface area (Å²) in [5.41, 5.74) is 6.21. The molecule has 7 nitrogen and oxygen atoms in total. The third-order valence-electron chi connectivity index (χ3n) is 2.31. The Morgan fingerprint density at radius 1 is 1.53 bits per heavy atom. The maximum atomic E-state index is 11.4. The predicted octanol–water partition coefficient (Wildman–Crippen LogP) is -0.157. The summed E-state index contributed by atoms with van der Waals surface area (Å²) in [6, 6.07) is 1.32. The van der Waals surface area contributed by atoms with Crippen LogP contribution < -0.4 is 16.4 Å². The van der Waals surface area contributed by atoms with Crippen LogP contribution in [0.4, 0.5) is 0 Å². The second-order valence-corrected chi connectivity index (χ2v) is 4.68. The number of hydrogen-bond acceptors (Lipinski definition) is 6. The lowest BCUT2D eigenvalue weighted by atomic mass is 10.4. The average molecular weight is 286 g/mol. The van der Waals surface area contributed by atoms with Crippen LogP contribution in [0.3, 0.4) is 0 Å². The lowest BCUT2D eigenvalue weighted by Crippen LogP contribution is -2.26. The number of carboxylic acid groups (broad SMARTS) is 1. The molecule has 1 aliphatic rings. The van der Waals surface area contributed by atoms with E-state index in [9.17, 15) is 9.59 Å². The number of hydrogen-bond donors (Lipinski definition) is 3. The lowest BCUT2D eigenvalue weighted by molar-refractivity contribution is -0.137. The fourth-order valence-corrected chi connectivity index (χ4v) is 2.08. The van der Waals surface area contributed by atoms with Crippen LogP contribution in [-0.2, 0) is 11.3 Å². The normalized spacial score (nSPS) is 13.8. The Bertz CT molecular complexity index is 478. The molecule has 1 aliphatic heterocycles. The van der Waals surface area contributed by atoms with Crippen LogP contribution >= 0.6 is 11.8 Å². The molecule has 3 N–H and O–H groups in total. The van der Waals surface area contributed by atoms with Crippen molar-refractivity contribution in [2.24, 2.45) is 0 Å². The molecule has 0 unspecified atom stereocenters. The summed E-state index contributed by atoms with van der Waals surface area (Å²) < 4.78 is 1.14. The number of aliphatic carboxylic acids is 1. The Balaban J connectivity index is 0.000000300. The first-order valence-electron chi connectivity index (χ1n) is 5.84. The van der Waals surface area contributed by atoms with Gasteiger partial charge >= 0.3 is 5.97 Å². The molecule has 1 saturated heterocycles. The van der Waals surface area contributed by atoms with Crippen molar-refractivity contribution in [3.8, 4) is 0 Å². The highest BCUT2D eigenvalue weighted by Gasteiger charge is 2.08. The molecule has 2 heterocycles. The summed E-state index contributed by atoms with van der Waals surface area (Å²) >= 11 is 1.25. The van der Waals surface area contributed by atoms with Gasteiger partial charge in [-0.3, -0.25) is 25.0 Å². The van der Waals surface area contributed by atoms with Crippen LogP contribution in [0.5, 0.6) is 0 Å². The highest BCUT2D eigenvalue weighted by Crippen LogP contribution is 2.09. The summed E-state index contributed by atoms with van der Waals surface area (Å²) in [5.74, 6) is -1.05. The van der Waals surface area contributed by atoms with Crippen molar-refractivity contribution in [3.63, 3.8) is 0 Å². The third-order valence-corrected chi connectivity index (χ3v) is 2.98. The molecular weight excluding hydrogens is 268 g/mol. The van der Waals surface area contributed by atoms with Crippen molar-refractivity contribution in [3.05, 3.63) is 22.1 Å². The van der Waals surface area contributed by atoms with Gasteiger partial charge in [0.1, 0.15) is 6.54 Å². The van der Waals surface area contributed by atoms with Gasteiger partial charge in [-0.05, 0) is 19.6 Å². The smallest absolute Gasteiger partial charge is 0.323 e. The highest BCUT2D eigenvalue weighted by atomic mass is 32.2. The van der Waals surface area contributed by atoms with E-state index in [-0.39, 0.29) is 12.1 Å². The Morgan fingerprint density at radius 3 is 2.58 bits per heavy atom. The molecule has 8 heteroatoms. The molecule has 1 fully saturated rings. The van der Waals surface area contributed by atoms with Crippen LogP contribution in [-0.4, -0.2) is 40.0 Å². The zero-order chi connectivity index (χ0) is 14.3. The number of aromatic nitrogens is 2. The van der Waals surface area contributed by atoms with Gasteiger partial charge in [0.05, 0.1) is 0 Å². The minimum absolute atomic E-state index is 0.329. The van der Waals surface area contributed by atoms with Crippen molar-refractivity contribution in [2.75, 3.05) is 19.3 Å². The second-order valence-electron chi connectivity index (χ2n) is 3.91. The van der Waals surface area contributed by atoms with Crippen LogP contribution in [0.1, 0.15) is 12.1 Å². The van der Waals surface area contributed by atoms with Crippen molar-refractivity contribution in [2.45, 2.75) is 25.0 Å². The van der Waals surface area contributed by atoms with E-state index in [2.05, 4.69) is 15.8 Å². The standard InChI is InChI=1S/C8H10N2O3S.C3H8N2/c1-5-3-6(11)10(4-7(12)13)8(9-5)14-2;1-2-4-5-3-1/h3H,4H2,1-2H3,(H,12,13);4-5H,1-3H2. The number of hydrazine groups is 1. The van der Waals surface area contributed by atoms with Gasteiger partial charge in [-0.2, -0.15) is 0 Å². The van der Waals surface area contributed by atoms with Gasteiger partial charge in [0.2, 0.25) is 0 Å². The lowest BCUT2D eigenvalue weighted by Gasteiger charge is -2.07. The van der Waals surface area contributed by atoms with E-state index in [1.54, 1.807) is 13.2 Å². The summed E-state index contributed by atoms with van der Waals surface area (Å²) in [6.45, 7) is 3.63. The molecule has 0 bridgehead atoms. The summed E-state index contributed by atoms with van der Waals surface area (Å²) in [5, 5.41) is 9.01. The summed E-state index contributed by atoms with van der Waals surface area (Å²) in [4.78, 5) is 25.9. The number of aryl methyl sites for hydroxylation is 1. The fraction of sp³-hybridized carbons (Fsp3) is 0.545. The first kappa shape index (κ1) is 15.7. The number of rotatable bonds is 3. The largest absolute Gasteiger partial charge is 0.480 e. The Morgan fingerprint density at radius 2 is 2.16 bits per heavy atom. The zero-order valence-electron chi connectivity index (χ0n) is 11.0. The Hall–Kier alpha value is -1.38. The summed E-state index contributed by atoms with van der Waals surface area (Å²) in [6.07, 6.45) is 3.03. The average Bonchev–Trinajstić information content (AvgIpc) is 2.90. The van der Waals surface area contributed by atoms with Gasteiger partial charge in [-0.15, -0.1) is 0 Å². The third kappa shape index (κ3) is 5.41. The molecule has 1 aromatic rings. The molecule has 2 rings (SSSR count). The first-order chi connectivity index (χ1) is 9.04. The quantitative estimate of drug-likeness (QED) is 0.525. The van der Waals surface area contributed by atoms with Crippen molar-refractivity contribution >= 4 is 17.7 Å². The maximum absolute atomic E-state index is 11.4. The molecule has 0 spiro atoms. The maximum Gasteiger partial charge on any atom is 0.323 e. The second kappa shape index (κ2) is 7.93. The number of carbonyl (C=O) groups is 1. The molecule has 0 aliphatic carbocycles. The van der Waals surface area contributed by atoms with Gasteiger partial charge < -0.3 is 5.11 Å². The minimum Gasteiger partial charge on any atom is -0.480 e. The molecule has 106 valence electrons. The van der Waals surface area contributed by atoms with Crippen LogP contribution in [0.15, 0.2) is 16.0 Å². The Labute approximate surface area is 115 Å². The molecule has 0 amide bonds. The molecule has 0 atom stereocenters. The predicted molar refractivity (Wildman–Crippen MR) is 73.3 cm³/mol. The van der Waals surface area contributed by atoms with Crippen LogP contribution in [0.25, 0.3) is 0 Å². The van der Waals surface area contributed by atoms with Gasteiger partial charge in [0.25, 0.3) is 5.56 Å². The van der Waals surface area contributed by atoms with Gasteiger partial charge in [-0.25, -0.2) is 4.98 Å².